The van der Waals surface area contributed by atoms with Gasteiger partial charge >= 0.3 is 6.18 Å². The number of hydrogen-bond acceptors (Lipinski definition) is 10. The number of oxazole rings is 1. The second-order valence-corrected chi connectivity index (χ2v) is 14.5. The van der Waals surface area contributed by atoms with Gasteiger partial charge in [0.15, 0.2) is 17.0 Å². The number of aromatic nitrogens is 3. The van der Waals surface area contributed by atoms with Crippen molar-refractivity contribution < 1.29 is 41.8 Å². The highest BCUT2D eigenvalue weighted by Gasteiger charge is 2.79. The third kappa shape index (κ3) is 5.29. The topological polar surface area (TPSA) is 163 Å². The Balaban J connectivity index is 1.09. The Morgan fingerprint density at radius 2 is 1.79 bits per heavy atom. The minimum atomic E-state index is -4.32. The summed E-state index contributed by atoms with van der Waals surface area (Å²) in [6.45, 7) is 5.10. The van der Waals surface area contributed by atoms with Crippen LogP contribution in [0.1, 0.15) is 67.2 Å². The zero-order valence-electron chi connectivity index (χ0n) is 28.8. The molecule has 3 aromatic heterocycles. The number of halogens is 3. The number of ether oxygens (including phenoxy) is 1. The molecule has 3 saturated carbocycles. The summed E-state index contributed by atoms with van der Waals surface area (Å²) < 4.78 is 53.8. The van der Waals surface area contributed by atoms with Gasteiger partial charge in [-0.15, -0.1) is 0 Å². The standard InChI is InChI=1S/C35H38F3N7O7/c1-3-22-27(43-9-11-44(12-10-43)31(50)25-28(48)21-6-13-51-23(21)14-39-25)29(49)26-32(52-30(40-26)20-4-7-42(8-5-20)19(2)46)45(22)15-24(47)41-34-16-33(17-34,18-34)35(36,37)38/h4,14,48H,3,5-13,15-18H2,1-2H3,(H,41,47). The molecule has 14 nitrogen and oxygen atoms in total. The number of pyridine rings is 2. The minimum absolute atomic E-state index is 0.000532. The van der Waals surface area contributed by atoms with Crippen molar-refractivity contribution in [3.63, 3.8) is 0 Å². The van der Waals surface area contributed by atoms with E-state index in [2.05, 4.69) is 15.3 Å². The van der Waals surface area contributed by atoms with Crippen LogP contribution in [0, 0.1) is 5.41 Å². The quantitative estimate of drug-likeness (QED) is 0.371. The van der Waals surface area contributed by atoms with E-state index in [1.807, 2.05) is 17.9 Å². The molecule has 2 bridgehead atoms. The molecule has 9 rings (SSSR count). The molecule has 3 aromatic rings. The van der Waals surface area contributed by atoms with Crippen LogP contribution in [-0.4, -0.2) is 105 Å². The lowest BCUT2D eigenvalue weighted by atomic mass is 9.39. The summed E-state index contributed by atoms with van der Waals surface area (Å²) in [5.41, 5.74) is -1.00. The molecular weight excluding hydrogens is 687 g/mol. The molecule has 0 spiro atoms. The highest BCUT2D eigenvalue weighted by molar-refractivity contribution is 5.96. The SMILES string of the molecule is CCc1c(N2CCN(C(=O)c3ncc4c(c3O)CCO4)CC2)c(=O)c2nc(C3=CCN(C(C)=O)CC3)oc2n1CC(=O)NC12CC(C(F)(F)F)(C1)C2. The zero-order valence-corrected chi connectivity index (χ0v) is 28.8. The first-order valence-corrected chi connectivity index (χ1v) is 17.5. The van der Waals surface area contributed by atoms with Crippen LogP contribution in [0.2, 0.25) is 0 Å². The third-order valence-electron chi connectivity index (χ3n) is 11.3. The molecule has 6 heterocycles. The lowest BCUT2D eigenvalue weighted by Crippen LogP contribution is -2.78. The van der Waals surface area contributed by atoms with Crippen LogP contribution in [0.4, 0.5) is 18.9 Å². The van der Waals surface area contributed by atoms with Gasteiger partial charge in [0.1, 0.15) is 18.0 Å². The lowest BCUT2D eigenvalue weighted by molar-refractivity contribution is -0.337. The fraction of sp³-hybridized carbons (Fsp3) is 0.543. The number of carbonyl (C=O) groups is 3. The first kappa shape index (κ1) is 34.0. The van der Waals surface area contributed by atoms with Crippen LogP contribution < -0.4 is 20.4 Å². The molecule has 1 saturated heterocycles. The van der Waals surface area contributed by atoms with E-state index in [-0.39, 0.29) is 86.5 Å². The van der Waals surface area contributed by atoms with Gasteiger partial charge in [-0.25, -0.2) is 9.97 Å². The molecule has 0 unspecified atom stereocenters. The molecule has 52 heavy (non-hydrogen) atoms. The Morgan fingerprint density at radius 3 is 2.42 bits per heavy atom. The van der Waals surface area contributed by atoms with E-state index in [1.54, 1.807) is 14.4 Å². The van der Waals surface area contributed by atoms with Gasteiger partial charge in [0.2, 0.25) is 28.8 Å². The largest absolute Gasteiger partial charge is 0.505 e. The average Bonchev–Trinajstić information content (AvgIpc) is 3.75. The van der Waals surface area contributed by atoms with Crippen molar-refractivity contribution in [2.45, 2.75) is 70.6 Å². The number of rotatable bonds is 7. The van der Waals surface area contributed by atoms with E-state index in [1.165, 1.54) is 13.1 Å². The van der Waals surface area contributed by atoms with Crippen molar-refractivity contribution >= 4 is 40.2 Å². The molecule has 3 aliphatic carbocycles. The van der Waals surface area contributed by atoms with Gasteiger partial charge in [-0.2, -0.15) is 13.2 Å². The molecule has 2 N–H and O–H groups in total. The highest BCUT2D eigenvalue weighted by atomic mass is 19.4. The molecule has 0 aromatic carbocycles. The summed E-state index contributed by atoms with van der Waals surface area (Å²) in [7, 11) is 0. The van der Waals surface area contributed by atoms with Gasteiger partial charge in [0.25, 0.3) is 5.91 Å². The Morgan fingerprint density at radius 1 is 1.06 bits per heavy atom. The van der Waals surface area contributed by atoms with Crippen molar-refractivity contribution in [2.75, 3.05) is 50.8 Å². The number of anilines is 1. The van der Waals surface area contributed by atoms with Gasteiger partial charge in [-0.3, -0.25) is 19.2 Å². The number of nitrogens with zero attached hydrogens (tertiary/aromatic N) is 6. The fourth-order valence-corrected chi connectivity index (χ4v) is 8.57. The number of nitrogens with one attached hydrogen (secondary N) is 1. The average molecular weight is 726 g/mol. The summed E-state index contributed by atoms with van der Waals surface area (Å²) >= 11 is 0. The lowest BCUT2D eigenvalue weighted by Gasteiger charge is -2.70. The van der Waals surface area contributed by atoms with E-state index in [9.17, 15) is 37.5 Å². The highest BCUT2D eigenvalue weighted by Crippen LogP contribution is 2.73. The molecule has 17 heteroatoms. The molecule has 3 amide bonds. The van der Waals surface area contributed by atoms with E-state index in [4.69, 9.17) is 9.15 Å². The number of carbonyl (C=O) groups excluding carboxylic acids is 3. The third-order valence-corrected chi connectivity index (χ3v) is 11.3. The van der Waals surface area contributed by atoms with Crippen molar-refractivity contribution in [1.29, 1.82) is 0 Å². The predicted octanol–water partition coefficient (Wildman–Crippen LogP) is 2.79. The van der Waals surface area contributed by atoms with E-state index < -0.39 is 34.4 Å². The summed E-state index contributed by atoms with van der Waals surface area (Å²) in [6, 6.07) is 0. The number of alkyl halides is 3. The number of fused-ring (bicyclic) bond motifs is 2. The van der Waals surface area contributed by atoms with Crippen LogP contribution in [-0.2, 0) is 29.0 Å². The van der Waals surface area contributed by atoms with Crippen LogP contribution >= 0.6 is 0 Å². The Kier molecular flexibility index (Phi) is 7.84. The Bertz CT molecular complexity index is 2100. The zero-order chi connectivity index (χ0) is 36.7. The van der Waals surface area contributed by atoms with Gasteiger partial charge < -0.3 is 38.8 Å². The van der Waals surface area contributed by atoms with E-state index >= 15 is 0 Å². The van der Waals surface area contributed by atoms with Crippen molar-refractivity contribution in [2.24, 2.45) is 5.41 Å². The molecule has 0 atom stereocenters. The maximum Gasteiger partial charge on any atom is 0.394 e. The first-order valence-electron chi connectivity index (χ1n) is 17.5. The summed E-state index contributed by atoms with van der Waals surface area (Å²) in [6.07, 6.45) is -0.333. The minimum Gasteiger partial charge on any atom is -0.505 e. The van der Waals surface area contributed by atoms with Crippen LogP contribution in [0.15, 0.2) is 21.5 Å². The maximum atomic E-state index is 14.3. The molecule has 0 radical (unpaired) electrons. The van der Waals surface area contributed by atoms with Crippen molar-refractivity contribution in [3.05, 3.63) is 45.3 Å². The van der Waals surface area contributed by atoms with Crippen LogP contribution in [0.25, 0.3) is 16.8 Å². The molecule has 3 aliphatic heterocycles. The second-order valence-electron chi connectivity index (χ2n) is 14.5. The van der Waals surface area contributed by atoms with Crippen LogP contribution in [0.5, 0.6) is 11.5 Å². The van der Waals surface area contributed by atoms with E-state index in [0.717, 1.165) is 0 Å². The molecule has 276 valence electrons. The van der Waals surface area contributed by atoms with Crippen molar-refractivity contribution in [3.8, 4) is 11.5 Å². The molecule has 4 fully saturated rings. The fourth-order valence-electron chi connectivity index (χ4n) is 8.57. The van der Waals surface area contributed by atoms with E-state index in [0.29, 0.717) is 67.2 Å². The normalized spacial score (nSPS) is 23.8. The number of amides is 3. The Labute approximate surface area is 295 Å². The summed E-state index contributed by atoms with van der Waals surface area (Å²) in [5.74, 6) is -0.572. The van der Waals surface area contributed by atoms with Gasteiger partial charge in [0, 0.05) is 75.0 Å². The van der Waals surface area contributed by atoms with Gasteiger partial charge in [-0.05, 0) is 32.1 Å². The van der Waals surface area contributed by atoms with Gasteiger partial charge in [0.05, 0.1) is 18.2 Å². The first-order chi connectivity index (χ1) is 24.7. The predicted molar refractivity (Wildman–Crippen MR) is 179 cm³/mol. The monoisotopic (exact) mass is 725 g/mol. The number of piperazine rings is 1. The summed E-state index contributed by atoms with van der Waals surface area (Å²) in [5, 5.41) is 13.6. The molecular formula is C35H38F3N7O7. The maximum absolute atomic E-state index is 14.3. The smallest absolute Gasteiger partial charge is 0.394 e. The van der Waals surface area contributed by atoms with Gasteiger partial charge in [-0.1, -0.05) is 13.0 Å². The number of aromatic hydroxyl groups is 1. The van der Waals surface area contributed by atoms with Crippen molar-refractivity contribution in [1.82, 2.24) is 29.7 Å². The Hall–Kier alpha value is -5.09. The summed E-state index contributed by atoms with van der Waals surface area (Å²) in [4.78, 5) is 67.0. The van der Waals surface area contributed by atoms with Crippen LogP contribution in [0.3, 0.4) is 0 Å². The molecule has 6 aliphatic rings. The number of hydrogen-bond donors (Lipinski definition) is 2. The second kappa shape index (κ2) is 12.0.